The fourth-order valence-electron chi connectivity index (χ4n) is 2.10. The number of phenolic OH excluding ortho intramolecular Hbond substituents is 1. The van der Waals surface area contributed by atoms with Crippen LogP contribution in [0.3, 0.4) is 0 Å². The summed E-state index contributed by atoms with van der Waals surface area (Å²) in [6, 6.07) is 4.10. The Labute approximate surface area is 108 Å². The number of benzene rings is 1. The maximum absolute atomic E-state index is 10.2. The van der Waals surface area contributed by atoms with Crippen molar-refractivity contribution in [3.8, 4) is 5.75 Å². The van der Waals surface area contributed by atoms with Crippen LogP contribution in [0, 0.1) is 0 Å². The van der Waals surface area contributed by atoms with Crippen molar-refractivity contribution in [2.75, 3.05) is 0 Å². The Morgan fingerprint density at radius 1 is 0.941 bits per heavy atom. The highest BCUT2D eigenvalue weighted by Gasteiger charge is 2.24. The van der Waals surface area contributed by atoms with E-state index < -0.39 is 0 Å². The molecular formula is C15H25OP. The van der Waals surface area contributed by atoms with Gasteiger partial charge in [-0.05, 0) is 39.7 Å². The molecule has 1 nitrogen and oxygen atoms in total. The van der Waals surface area contributed by atoms with Crippen molar-refractivity contribution in [3.63, 3.8) is 0 Å². The average Bonchev–Trinajstić information content (AvgIpc) is 2.14. The third kappa shape index (κ3) is 3.22. The number of phenols is 1. The molecule has 0 aliphatic carbocycles. The normalized spacial score (nSPS) is 12.9. The first-order valence-electron chi connectivity index (χ1n) is 6.14. The molecule has 1 atom stereocenters. The Morgan fingerprint density at radius 3 is 1.76 bits per heavy atom. The summed E-state index contributed by atoms with van der Waals surface area (Å²) in [4.78, 5) is 0. The van der Waals surface area contributed by atoms with Crippen molar-refractivity contribution >= 4 is 9.24 Å². The molecule has 1 aromatic carbocycles. The van der Waals surface area contributed by atoms with Gasteiger partial charge in [0.1, 0.15) is 5.75 Å². The summed E-state index contributed by atoms with van der Waals surface area (Å²) in [5.41, 5.74) is 3.63. The van der Waals surface area contributed by atoms with E-state index in [4.69, 9.17) is 0 Å². The van der Waals surface area contributed by atoms with Crippen LogP contribution in [-0.2, 0) is 17.0 Å². The van der Waals surface area contributed by atoms with Gasteiger partial charge in [-0.2, -0.15) is 0 Å². The van der Waals surface area contributed by atoms with Crippen LogP contribution in [0.2, 0.25) is 0 Å². The van der Waals surface area contributed by atoms with E-state index in [1.807, 2.05) is 6.07 Å². The molecule has 0 aliphatic rings. The van der Waals surface area contributed by atoms with Crippen LogP contribution in [0.25, 0.3) is 0 Å². The van der Waals surface area contributed by atoms with Crippen molar-refractivity contribution in [3.05, 3.63) is 28.8 Å². The van der Waals surface area contributed by atoms with Crippen molar-refractivity contribution in [1.82, 2.24) is 0 Å². The first-order chi connectivity index (χ1) is 7.57. The SMILES string of the molecule is CC(C)(C)c1cc(CP)c(C(C)(C)C)cc1O. The van der Waals surface area contributed by atoms with E-state index >= 15 is 0 Å². The van der Waals surface area contributed by atoms with Gasteiger partial charge in [-0.1, -0.05) is 47.6 Å². The average molecular weight is 252 g/mol. The van der Waals surface area contributed by atoms with E-state index in [1.165, 1.54) is 11.1 Å². The maximum Gasteiger partial charge on any atom is 0.119 e. The topological polar surface area (TPSA) is 20.2 Å². The fourth-order valence-corrected chi connectivity index (χ4v) is 2.44. The molecule has 17 heavy (non-hydrogen) atoms. The molecule has 0 aromatic heterocycles. The third-order valence-electron chi connectivity index (χ3n) is 3.06. The van der Waals surface area contributed by atoms with Crippen LogP contribution in [-0.4, -0.2) is 5.11 Å². The van der Waals surface area contributed by atoms with E-state index in [0.717, 1.165) is 11.7 Å². The smallest absolute Gasteiger partial charge is 0.119 e. The Morgan fingerprint density at radius 2 is 1.41 bits per heavy atom. The van der Waals surface area contributed by atoms with Gasteiger partial charge in [0.15, 0.2) is 0 Å². The summed E-state index contributed by atoms with van der Waals surface area (Å²) in [6.07, 6.45) is 0.927. The van der Waals surface area contributed by atoms with Crippen LogP contribution < -0.4 is 0 Å². The molecule has 2 heteroatoms. The summed E-state index contributed by atoms with van der Waals surface area (Å²) in [6.45, 7) is 12.9. The van der Waals surface area contributed by atoms with Gasteiger partial charge in [-0.15, -0.1) is 9.24 Å². The zero-order chi connectivity index (χ0) is 13.4. The highest BCUT2D eigenvalue weighted by atomic mass is 31.0. The summed E-state index contributed by atoms with van der Waals surface area (Å²) in [7, 11) is 2.78. The molecule has 1 unspecified atom stereocenters. The molecule has 0 saturated heterocycles. The molecule has 0 fully saturated rings. The van der Waals surface area contributed by atoms with E-state index in [2.05, 4.69) is 56.8 Å². The Balaban J connectivity index is 3.46. The minimum Gasteiger partial charge on any atom is -0.508 e. The van der Waals surface area contributed by atoms with E-state index in [1.54, 1.807) is 0 Å². The molecule has 1 N–H and O–H groups in total. The highest BCUT2D eigenvalue weighted by molar-refractivity contribution is 7.15. The fraction of sp³-hybridized carbons (Fsp3) is 0.600. The zero-order valence-corrected chi connectivity index (χ0v) is 13.0. The first kappa shape index (κ1) is 14.5. The molecule has 0 bridgehead atoms. The van der Waals surface area contributed by atoms with Crippen LogP contribution in [0.5, 0.6) is 5.75 Å². The summed E-state index contributed by atoms with van der Waals surface area (Å²) in [5, 5.41) is 10.2. The second kappa shape index (κ2) is 4.61. The Hall–Kier alpha value is -0.550. The maximum atomic E-state index is 10.2. The summed E-state index contributed by atoms with van der Waals surface area (Å²) >= 11 is 0. The summed E-state index contributed by atoms with van der Waals surface area (Å²) in [5.74, 6) is 0.421. The van der Waals surface area contributed by atoms with Gasteiger partial charge >= 0.3 is 0 Å². The standard InChI is InChI=1S/C15H25OP/c1-14(2,3)11-8-13(16)12(15(4,5)6)7-10(11)9-17/h7-8,16H,9,17H2,1-6H3. The minimum atomic E-state index is -0.0188. The number of hydrogen-bond acceptors (Lipinski definition) is 1. The first-order valence-corrected chi connectivity index (χ1v) is 6.96. The molecule has 0 radical (unpaired) electrons. The molecule has 96 valence electrons. The zero-order valence-electron chi connectivity index (χ0n) is 11.9. The molecule has 0 heterocycles. The van der Waals surface area contributed by atoms with Gasteiger partial charge in [0.05, 0.1) is 0 Å². The van der Waals surface area contributed by atoms with Gasteiger partial charge in [0, 0.05) is 0 Å². The minimum absolute atomic E-state index is 0.0188. The van der Waals surface area contributed by atoms with E-state index in [-0.39, 0.29) is 10.8 Å². The quantitative estimate of drug-likeness (QED) is 0.736. The van der Waals surface area contributed by atoms with Gasteiger partial charge in [0.25, 0.3) is 0 Å². The molecule has 0 amide bonds. The van der Waals surface area contributed by atoms with Gasteiger partial charge in [-0.25, -0.2) is 0 Å². The van der Waals surface area contributed by atoms with Crippen LogP contribution in [0.1, 0.15) is 58.2 Å². The molecule has 0 saturated carbocycles. The highest BCUT2D eigenvalue weighted by Crippen LogP contribution is 2.37. The number of hydrogen-bond donors (Lipinski definition) is 1. The van der Waals surface area contributed by atoms with Crippen molar-refractivity contribution in [1.29, 1.82) is 0 Å². The van der Waals surface area contributed by atoms with Crippen molar-refractivity contribution < 1.29 is 5.11 Å². The lowest BCUT2D eigenvalue weighted by Crippen LogP contribution is -2.17. The monoisotopic (exact) mass is 252 g/mol. The van der Waals surface area contributed by atoms with Crippen molar-refractivity contribution in [2.24, 2.45) is 0 Å². The van der Waals surface area contributed by atoms with Crippen molar-refractivity contribution in [2.45, 2.75) is 58.5 Å². The lowest BCUT2D eigenvalue weighted by atomic mass is 9.79. The summed E-state index contributed by atoms with van der Waals surface area (Å²) < 4.78 is 0. The van der Waals surface area contributed by atoms with Gasteiger partial charge in [0.2, 0.25) is 0 Å². The molecule has 0 spiro atoms. The lowest BCUT2D eigenvalue weighted by Gasteiger charge is -2.27. The van der Waals surface area contributed by atoms with Gasteiger partial charge < -0.3 is 5.11 Å². The number of rotatable bonds is 1. The van der Waals surface area contributed by atoms with Crippen LogP contribution >= 0.6 is 9.24 Å². The van der Waals surface area contributed by atoms with Crippen LogP contribution in [0.4, 0.5) is 0 Å². The second-order valence-electron chi connectivity index (χ2n) is 6.73. The molecule has 1 aromatic rings. The predicted molar refractivity (Wildman–Crippen MR) is 78.9 cm³/mol. The molecule has 1 rings (SSSR count). The Kier molecular flexibility index (Phi) is 3.94. The second-order valence-corrected chi connectivity index (χ2v) is 7.14. The Bertz CT molecular complexity index is 408. The van der Waals surface area contributed by atoms with Crippen LogP contribution in [0.15, 0.2) is 12.1 Å². The predicted octanol–water partition coefficient (Wildman–Crippen LogP) is 4.36. The molecular weight excluding hydrogens is 227 g/mol. The van der Waals surface area contributed by atoms with E-state index in [9.17, 15) is 5.11 Å². The van der Waals surface area contributed by atoms with E-state index in [0.29, 0.717) is 5.75 Å². The largest absolute Gasteiger partial charge is 0.508 e. The lowest BCUT2D eigenvalue weighted by molar-refractivity contribution is 0.442. The molecule has 0 aliphatic heterocycles. The third-order valence-corrected chi connectivity index (χ3v) is 3.50. The number of aromatic hydroxyl groups is 1. The van der Waals surface area contributed by atoms with Gasteiger partial charge in [-0.3, -0.25) is 0 Å².